The molecule has 0 aliphatic carbocycles. The average Bonchev–Trinajstić information content (AvgIpc) is 2.37. The lowest BCUT2D eigenvalue weighted by molar-refractivity contribution is 0.178. The molecule has 7 heteroatoms. The Morgan fingerprint density at radius 2 is 1.73 bits per heavy atom. The van der Waals surface area contributed by atoms with Crippen molar-refractivity contribution >= 4 is 15.8 Å². The summed E-state index contributed by atoms with van der Waals surface area (Å²) in [6.07, 6.45) is 1.81. The van der Waals surface area contributed by atoms with Crippen molar-refractivity contribution in [2.75, 3.05) is 38.2 Å². The molecule has 0 atom stereocenters. The Balaban J connectivity index is 4.28. The Morgan fingerprint density at radius 1 is 1.14 bits per heavy atom. The normalized spacial score (nSPS) is 13.2. The molecule has 0 saturated carbocycles. The second kappa shape index (κ2) is 10.8. The van der Waals surface area contributed by atoms with E-state index in [2.05, 4.69) is 48.2 Å². The minimum Gasteiger partial charge on any atom is -0.357 e. The summed E-state index contributed by atoms with van der Waals surface area (Å²) >= 11 is 0. The van der Waals surface area contributed by atoms with E-state index in [0.29, 0.717) is 25.0 Å². The van der Waals surface area contributed by atoms with E-state index in [1.54, 1.807) is 0 Å². The zero-order valence-corrected chi connectivity index (χ0v) is 15.8. The van der Waals surface area contributed by atoms with Gasteiger partial charge >= 0.3 is 0 Å². The van der Waals surface area contributed by atoms with Gasteiger partial charge in [0.2, 0.25) is 0 Å². The van der Waals surface area contributed by atoms with E-state index in [9.17, 15) is 8.42 Å². The van der Waals surface area contributed by atoms with Crippen molar-refractivity contribution < 1.29 is 8.42 Å². The van der Waals surface area contributed by atoms with E-state index in [1.165, 1.54) is 6.26 Å². The monoisotopic (exact) mass is 334 g/mol. The Kier molecular flexibility index (Phi) is 10.4. The third-order valence-corrected chi connectivity index (χ3v) is 4.31. The summed E-state index contributed by atoms with van der Waals surface area (Å²) < 4.78 is 22.2. The molecule has 6 nitrogen and oxygen atoms in total. The number of aliphatic imine (C=N–C) groups is 1. The number of guanidine groups is 1. The molecule has 0 aromatic carbocycles. The molecule has 2 N–H and O–H groups in total. The van der Waals surface area contributed by atoms with Crippen LogP contribution in [0.5, 0.6) is 0 Å². The molecule has 0 rings (SSSR count). The van der Waals surface area contributed by atoms with Gasteiger partial charge in [0.15, 0.2) is 5.96 Å². The largest absolute Gasteiger partial charge is 0.357 e. The zero-order chi connectivity index (χ0) is 17.2. The van der Waals surface area contributed by atoms with Gasteiger partial charge in [-0.05, 0) is 41.0 Å². The van der Waals surface area contributed by atoms with E-state index in [4.69, 9.17) is 0 Å². The van der Waals surface area contributed by atoms with Crippen LogP contribution in [0.25, 0.3) is 0 Å². The van der Waals surface area contributed by atoms with Crippen molar-refractivity contribution in [3.63, 3.8) is 0 Å². The Bertz CT molecular complexity index is 411. The van der Waals surface area contributed by atoms with Gasteiger partial charge in [-0.25, -0.2) is 8.42 Å². The highest BCUT2D eigenvalue weighted by Gasteiger charge is 2.12. The second-order valence-corrected chi connectivity index (χ2v) is 8.36. The van der Waals surface area contributed by atoms with Gasteiger partial charge in [-0.15, -0.1) is 0 Å². The number of nitrogens with one attached hydrogen (secondary N) is 2. The maximum absolute atomic E-state index is 11.1. The van der Waals surface area contributed by atoms with Crippen molar-refractivity contribution in [1.29, 1.82) is 0 Å². The highest BCUT2D eigenvalue weighted by Crippen LogP contribution is 2.03. The van der Waals surface area contributed by atoms with Crippen LogP contribution in [0.3, 0.4) is 0 Å². The quantitative estimate of drug-likeness (QED) is 0.355. The highest BCUT2D eigenvalue weighted by atomic mass is 32.2. The van der Waals surface area contributed by atoms with Crippen molar-refractivity contribution in [3.05, 3.63) is 0 Å². The standard InChI is InChI=1S/C15H34N4O2S/c1-7-16-15(17-9-8-12-22(6,20)21)18-10-11-19(13(2)3)14(4)5/h13-14H,7-12H2,1-6H3,(H2,16,17,18). The lowest BCUT2D eigenvalue weighted by Crippen LogP contribution is -2.45. The molecule has 0 bridgehead atoms. The summed E-state index contributed by atoms with van der Waals surface area (Å²) in [5.74, 6) is 0.938. The maximum atomic E-state index is 11.1. The molecule has 0 fully saturated rings. The van der Waals surface area contributed by atoms with Crippen LogP contribution in [-0.4, -0.2) is 69.5 Å². The van der Waals surface area contributed by atoms with Gasteiger partial charge in [0, 0.05) is 44.5 Å². The van der Waals surface area contributed by atoms with Crippen LogP contribution in [0.2, 0.25) is 0 Å². The van der Waals surface area contributed by atoms with E-state index in [1.807, 2.05) is 6.92 Å². The van der Waals surface area contributed by atoms with Crippen molar-refractivity contribution in [2.24, 2.45) is 4.99 Å². The molecule has 22 heavy (non-hydrogen) atoms. The first-order chi connectivity index (χ1) is 10.2. The molecular weight excluding hydrogens is 300 g/mol. The number of nitrogens with zero attached hydrogens (tertiary/aromatic N) is 2. The molecule has 0 aliphatic heterocycles. The van der Waals surface area contributed by atoms with E-state index >= 15 is 0 Å². The first-order valence-electron chi connectivity index (χ1n) is 8.13. The first-order valence-corrected chi connectivity index (χ1v) is 10.2. The minimum atomic E-state index is -2.90. The third kappa shape index (κ3) is 10.8. The number of hydrogen-bond acceptors (Lipinski definition) is 4. The summed E-state index contributed by atoms with van der Waals surface area (Å²) in [5, 5.41) is 6.49. The highest BCUT2D eigenvalue weighted by molar-refractivity contribution is 7.90. The molecule has 0 unspecified atom stereocenters. The molecule has 0 amide bonds. The number of rotatable bonds is 10. The summed E-state index contributed by atoms with van der Waals surface area (Å²) in [6, 6.07) is 1.02. The zero-order valence-electron chi connectivity index (χ0n) is 15.0. The topological polar surface area (TPSA) is 73.8 Å². The Labute approximate surface area is 136 Å². The number of sulfone groups is 1. The second-order valence-electron chi connectivity index (χ2n) is 6.10. The molecule has 0 heterocycles. The lowest BCUT2D eigenvalue weighted by atomic mass is 10.2. The molecule has 0 saturated heterocycles. The number of hydrogen-bond donors (Lipinski definition) is 2. The first kappa shape index (κ1) is 21.2. The van der Waals surface area contributed by atoms with Crippen molar-refractivity contribution in [2.45, 2.75) is 53.1 Å². The van der Waals surface area contributed by atoms with Crippen LogP contribution in [0.4, 0.5) is 0 Å². The fourth-order valence-electron chi connectivity index (χ4n) is 2.28. The molecule has 0 aromatic heterocycles. The van der Waals surface area contributed by atoms with E-state index in [-0.39, 0.29) is 5.75 Å². The molecule has 0 radical (unpaired) electrons. The van der Waals surface area contributed by atoms with Crippen molar-refractivity contribution in [3.8, 4) is 0 Å². The van der Waals surface area contributed by atoms with Gasteiger partial charge in [0.1, 0.15) is 9.84 Å². The fraction of sp³-hybridized carbons (Fsp3) is 0.933. The predicted molar refractivity (Wildman–Crippen MR) is 95.3 cm³/mol. The van der Waals surface area contributed by atoms with Gasteiger partial charge < -0.3 is 10.6 Å². The van der Waals surface area contributed by atoms with Crippen LogP contribution in [0.1, 0.15) is 41.0 Å². The SMILES string of the molecule is CCNC(=NCCCS(C)(=O)=O)NCCN(C(C)C)C(C)C. The molecule has 132 valence electrons. The summed E-state index contributed by atoms with van der Waals surface area (Å²) in [7, 11) is -2.90. The van der Waals surface area contributed by atoms with Gasteiger partial charge in [-0.2, -0.15) is 0 Å². The van der Waals surface area contributed by atoms with E-state index < -0.39 is 9.84 Å². The Hall–Kier alpha value is -0.820. The lowest BCUT2D eigenvalue weighted by Gasteiger charge is -2.30. The van der Waals surface area contributed by atoms with Crippen molar-refractivity contribution in [1.82, 2.24) is 15.5 Å². The van der Waals surface area contributed by atoms with Gasteiger partial charge in [0.05, 0.1) is 5.75 Å². The third-order valence-electron chi connectivity index (χ3n) is 3.28. The van der Waals surface area contributed by atoms with Gasteiger partial charge in [-0.1, -0.05) is 0 Å². The van der Waals surface area contributed by atoms with Crippen LogP contribution in [-0.2, 0) is 9.84 Å². The summed E-state index contributed by atoms with van der Waals surface area (Å²) in [6.45, 7) is 13.9. The Morgan fingerprint density at radius 3 is 2.18 bits per heavy atom. The van der Waals surface area contributed by atoms with Gasteiger partial charge in [0.25, 0.3) is 0 Å². The van der Waals surface area contributed by atoms with Crippen LogP contribution >= 0.6 is 0 Å². The molecule has 0 spiro atoms. The molecule has 0 aliphatic rings. The van der Waals surface area contributed by atoms with Crippen LogP contribution in [0.15, 0.2) is 4.99 Å². The minimum absolute atomic E-state index is 0.185. The smallest absolute Gasteiger partial charge is 0.191 e. The average molecular weight is 335 g/mol. The predicted octanol–water partition coefficient (Wildman–Crippen LogP) is 1.10. The van der Waals surface area contributed by atoms with Gasteiger partial charge in [-0.3, -0.25) is 9.89 Å². The van der Waals surface area contributed by atoms with Crippen LogP contribution in [0, 0.1) is 0 Å². The molecular formula is C15H34N4O2S. The van der Waals surface area contributed by atoms with Crippen LogP contribution < -0.4 is 10.6 Å². The fourth-order valence-corrected chi connectivity index (χ4v) is 2.93. The summed E-state index contributed by atoms with van der Waals surface area (Å²) in [5.41, 5.74) is 0. The summed E-state index contributed by atoms with van der Waals surface area (Å²) in [4.78, 5) is 6.83. The van der Waals surface area contributed by atoms with E-state index in [0.717, 1.165) is 25.6 Å². The molecule has 0 aromatic rings. The maximum Gasteiger partial charge on any atom is 0.191 e.